The molecular formula is C18H18Cl2N2O4S2. The Hall–Kier alpha value is -1.45. The number of rotatable bonds is 4. The predicted octanol–water partition coefficient (Wildman–Crippen LogP) is 2.88. The number of sulfonamides is 1. The van der Waals surface area contributed by atoms with Crippen LogP contribution in [0.3, 0.4) is 0 Å². The van der Waals surface area contributed by atoms with E-state index in [9.17, 15) is 17.4 Å². The van der Waals surface area contributed by atoms with Crippen LogP contribution in [0.4, 0.5) is 0 Å². The molecule has 150 valence electrons. The molecule has 10 heteroatoms. The van der Waals surface area contributed by atoms with Crippen molar-refractivity contribution in [3.05, 3.63) is 58.1 Å². The molecule has 2 aromatic rings. The molecule has 1 unspecified atom stereocenters. The Balaban J connectivity index is 1.70. The number of nitrogens with zero attached hydrogens (tertiary/aromatic N) is 2. The van der Waals surface area contributed by atoms with Crippen LogP contribution in [0.25, 0.3) is 0 Å². The topological polar surface area (TPSA) is 74.8 Å². The lowest BCUT2D eigenvalue weighted by atomic mass is 10.2. The van der Waals surface area contributed by atoms with Crippen molar-refractivity contribution < 1.29 is 17.4 Å². The molecule has 1 heterocycles. The Morgan fingerprint density at radius 1 is 1.00 bits per heavy atom. The van der Waals surface area contributed by atoms with Gasteiger partial charge in [-0.25, -0.2) is 8.42 Å². The van der Waals surface area contributed by atoms with Crippen molar-refractivity contribution in [2.45, 2.75) is 9.79 Å². The second-order valence-electron chi connectivity index (χ2n) is 6.25. The van der Waals surface area contributed by atoms with Gasteiger partial charge in [0.25, 0.3) is 5.91 Å². The second kappa shape index (κ2) is 8.51. The van der Waals surface area contributed by atoms with Crippen LogP contribution in [0.15, 0.2) is 52.3 Å². The van der Waals surface area contributed by atoms with Crippen molar-refractivity contribution >= 4 is 49.9 Å². The summed E-state index contributed by atoms with van der Waals surface area (Å²) in [7, 11) is -4.91. The molecule has 2 aromatic carbocycles. The summed E-state index contributed by atoms with van der Waals surface area (Å²) in [6.45, 7) is 0.845. The van der Waals surface area contributed by atoms with E-state index in [1.807, 2.05) is 0 Å². The summed E-state index contributed by atoms with van der Waals surface area (Å²) in [6.07, 6.45) is 1.57. The minimum absolute atomic E-state index is 0.0374. The number of amides is 1. The number of halogens is 2. The molecule has 1 fully saturated rings. The van der Waals surface area contributed by atoms with Crippen LogP contribution in [0.1, 0.15) is 10.4 Å². The van der Waals surface area contributed by atoms with E-state index < -0.39 is 20.8 Å². The molecular weight excluding hydrogens is 443 g/mol. The summed E-state index contributed by atoms with van der Waals surface area (Å²) in [5.74, 6) is -0.189. The summed E-state index contributed by atoms with van der Waals surface area (Å²) in [5.41, 5.74) is 0.475. The first-order chi connectivity index (χ1) is 13.2. The van der Waals surface area contributed by atoms with Crippen LogP contribution in [-0.4, -0.2) is 60.2 Å². The Kier molecular flexibility index (Phi) is 6.46. The van der Waals surface area contributed by atoms with E-state index in [2.05, 4.69) is 0 Å². The average Bonchev–Trinajstić information content (AvgIpc) is 2.69. The Morgan fingerprint density at radius 3 is 2.18 bits per heavy atom. The van der Waals surface area contributed by atoms with Crippen LogP contribution in [0, 0.1) is 0 Å². The zero-order valence-corrected chi connectivity index (χ0v) is 18.1. The maximum absolute atomic E-state index is 12.9. The van der Waals surface area contributed by atoms with Gasteiger partial charge in [0.1, 0.15) is 4.90 Å². The maximum Gasteiger partial charge on any atom is 0.253 e. The molecule has 0 spiro atoms. The number of hydrogen-bond acceptors (Lipinski definition) is 4. The first-order valence-corrected chi connectivity index (χ1v) is 12.1. The van der Waals surface area contributed by atoms with Gasteiger partial charge in [-0.05, 0) is 42.5 Å². The van der Waals surface area contributed by atoms with E-state index in [0.717, 1.165) is 0 Å². The normalized spacial score (nSPS) is 16.8. The molecule has 1 saturated heterocycles. The highest BCUT2D eigenvalue weighted by atomic mass is 35.5. The lowest BCUT2D eigenvalue weighted by Crippen LogP contribution is -2.50. The molecule has 0 aliphatic carbocycles. The molecule has 0 bridgehead atoms. The van der Waals surface area contributed by atoms with Gasteiger partial charge in [0.05, 0.1) is 5.02 Å². The van der Waals surface area contributed by atoms with Crippen molar-refractivity contribution in [3.63, 3.8) is 0 Å². The highest BCUT2D eigenvalue weighted by Crippen LogP contribution is 2.28. The summed E-state index contributed by atoms with van der Waals surface area (Å²) in [4.78, 5) is 14.9. The molecule has 1 aliphatic rings. The zero-order valence-electron chi connectivity index (χ0n) is 15.0. The fraction of sp³-hybridized carbons (Fsp3) is 0.278. The Morgan fingerprint density at radius 2 is 1.61 bits per heavy atom. The van der Waals surface area contributed by atoms with Gasteiger partial charge in [0, 0.05) is 58.7 Å². The van der Waals surface area contributed by atoms with Gasteiger partial charge < -0.3 is 4.90 Å². The average molecular weight is 461 g/mol. The predicted molar refractivity (Wildman–Crippen MR) is 110 cm³/mol. The molecule has 1 amide bonds. The van der Waals surface area contributed by atoms with Crippen LogP contribution in [0.5, 0.6) is 0 Å². The van der Waals surface area contributed by atoms with E-state index in [1.165, 1.54) is 22.5 Å². The highest BCUT2D eigenvalue weighted by Gasteiger charge is 2.32. The summed E-state index contributed by atoms with van der Waals surface area (Å²) >= 11 is 12.0. The van der Waals surface area contributed by atoms with Crippen LogP contribution < -0.4 is 0 Å². The molecule has 0 N–H and O–H groups in total. The smallest absolute Gasteiger partial charge is 0.253 e. The minimum atomic E-state index is -3.80. The van der Waals surface area contributed by atoms with Gasteiger partial charge in [-0.1, -0.05) is 23.2 Å². The lowest BCUT2D eigenvalue weighted by Gasteiger charge is -2.34. The first kappa shape index (κ1) is 21.3. The largest absolute Gasteiger partial charge is 0.336 e. The monoisotopic (exact) mass is 460 g/mol. The number of piperazine rings is 1. The number of carbonyl (C=O) groups excluding carboxylic acids is 1. The second-order valence-corrected chi connectivity index (χ2v) is 10.4. The number of carbonyl (C=O) groups is 1. The van der Waals surface area contributed by atoms with E-state index in [1.54, 1.807) is 35.4 Å². The molecule has 0 saturated carbocycles. The maximum atomic E-state index is 12.9. The van der Waals surface area contributed by atoms with Crippen molar-refractivity contribution in [2.24, 2.45) is 0 Å². The van der Waals surface area contributed by atoms with Gasteiger partial charge in [-0.3, -0.25) is 9.00 Å². The highest BCUT2D eigenvalue weighted by molar-refractivity contribution is 7.89. The molecule has 0 aromatic heterocycles. The third kappa shape index (κ3) is 4.41. The third-order valence-corrected chi connectivity index (χ3v) is 8.02. The molecule has 1 aliphatic heterocycles. The Labute approximate surface area is 176 Å². The van der Waals surface area contributed by atoms with Crippen LogP contribution in [0.2, 0.25) is 10.0 Å². The molecule has 0 radical (unpaired) electrons. The third-order valence-electron chi connectivity index (χ3n) is 4.47. The quantitative estimate of drug-likeness (QED) is 0.702. The van der Waals surface area contributed by atoms with Crippen molar-refractivity contribution in [1.29, 1.82) is 0 Å². The van der Waals surface area contributed by atoms with Crippen molar-refractivity contribution in [2.75, 3.05) is 32.4 Å². The van der Waals surface area contributed by atoms with Crippen molar-refractivity contribution in [1.82, 2.24) is 9.21 Å². The summed E-state index contributed by atoms with van der Waals surface area (Å²) in [6, 6.07) is 10.9. The number of hydrogen-bond donors (Lipinski definition) is 0. The van der Waals surface area contributed by atoms with Gasteiger partial charge in [0.15, 0.2) is 0 Å². The fourth-order valence-electron chi connectivity index (χ4n) is 2.92. The molecule has 3 rings (SSSR count). The lowest BCUT2D eigenvalue weighted by molar-refractivity contribution is 0.0698. The van der Waals surface area contributed by atoms with Crippen LogP contribution >= 0.6 is 23.2 Å². The van der Waals surface area contributed by atoms with Crippen LogP contribution in [-0.2, 0) is 20.8 Å². The van der Waals surface area contributed by atoms with E-state index in [0.29, 0.717) is 10.5 Å². The standard InChI is InChI=1S/C18H18Cl2N2O4S2/c1-27(24)15-5-2-13(3-6-15)18(23)21-8-10-22(11-9-21)28(25,26)17-12-14(19)4-7-16(17)20/h2-7,12H,8-11H2,1H3. The summed E-state index contributed by atoms with van der Waals surface area (Å²) < 4.78 is 38.5. The van der Waals surface area contributed by atoms with Gasteiger partial charge in [-0.2, -0.15) is 4.31 Å². The van der Waals surface area contributed by atoms with E-state index in [4.69, 9.17) is 23.2 Å². The van der Waals surface area contributed by atoms with E-state index in [-0.39, 0.29) is 47.0 Å². The van der Waals surface area contributed by atoms with Gasteiger partial charge in [0.2, 0.25) is 10.0 Å². The zero-order chi connectivity index (χ0) is 20.5. The molecule has 1 atom stereocenters. The minimum Gasteiger partial charge on any atom is -0.336 e. The molecule has 6 nitrogen and oxygen atoms in total. The van der Waals surface area contributed by atoms with Crippen molar-refractivity contribution in [3.8, 4) is 0 Å². The fourth-order valence-corrected chi connectivity index (χ4v) is 5.60. The first-order valence-electron chi connectivity index (χ1n) is 8.38. The SMILES string of the molecule is CS(=O)c1ccc(C(=O)N2CCN(S(=O)(=O)c3cc(Cl)ccc3Cl)CC2)cc1. The molecule has 28 heavy (non-hydrogen) atoms. The Bertz CT molecular complexity index is 1020. The number of benzene rings is 2. The van der Waals surface area contributed by atoms with Gasteiger partial charge >= 0.3 is 0 Å². The van der Waals surface area contributed by atoms with Gasteiger partial charge in [-0.15, -0.1) is 0 Å². The van der Waals surface area contributed by atoms with E-state index >= 15 is 0 Å². The summed E-state index contributed by atoms with van der Waals surface area (Å²) in [5, 5.41) is 0.393.